The minimum Gasteiger partial charge on any atom is -1.00 e. The summed E-state index contributed by atoms with van der Waals surface area (Å²) < 4.78 is 3.73. The fraction of sp³-hybridized carbons (Fsp3) is 0.0741. The Hall–Kier alpha value is -2.75. The monoisotopic (exact) mass is 469 g/mol. The fourth-order valence-corrected chi connectivity index (χ4v) is 5.70. The van der Waals surface area contributed by atoms with Crippen molar-refractivity contribution in [1.29, 1.82) is 0 Å². The first-order valence-electron chi connectivity index (χ1n) is 10.1. The lowest BCUT2D eigenvalue weighted by Crippen LogP contribution is -3.00. The molecule has 0 aliphatic carbocycles. The molecule has 0 N–H and O–H groups in total. The second kappa shape index (κ2) is 7.50. The average molecular weight is 470 g/mol. The highest BCUT2D eigenvalue weighted by Gasteiger charge is 2.16. The molecule has 0 unspecified atom stereocenters. The predicted octanol–water partition coefficient (Wildman–Crippen LogP) is 4.28. The summed E-state index contributed by atoms with van der Waals surface area (Å²) in [7, 11) is 0. The summed E-state index contributed by atoms with van der Waals surface area (Å²) in [5, 5.41) is 9.31. The summed E-state index contributed by atoms with van der Waals surface area (Å²) in [6.45, 7) is 3.19. The Kier molecular flexibility index (Phi) is 4.80. The van der Waals surface area contributed by atoms with E-state index in [2.05, 4.69) is 103 Å². The number of aromatic nitrogens is 1. The van der Waals surface area contributed by atoms with Gasteiger partial charge in [-0.3, -0.25) is 0 Å². The van der Waals surface area contributed by atoms with E-state index in [9.17, 15) is 0 Å². The van der Waals surface area contributed by atoms with Gasteiger partial charge in [0.2, 0.25) is 5.52 Å². The molecule has 0 aliphatic heterocycles. The van der Waals surface area contributed by atoms with Gasteiger partial charge in [0.25, 0.3) is 5.01 Å². The maximum Gasteiger partial charge on any atom is 0.262 e. The topological polar surface area (TPSA) is 3.88 Å². The molecule has 1 nitrogen and oxygen atoms in total. The largest absolute Gasteiger partial charge is 1.00 e. The SMILES string of the molecule is CC[n+]1c(C=Cc2ccc3ccc4cccc5ccc2c3c45)sc2ccccc21.[Br-]. The Labute approximate surface area is 190 Å². The maximum atomic E-state index is 2.40. The van der Waals surface area contributed by atoms with E-state index in [1.807, 2.05) is 11.3 Å². The van der Waals surface area contributed by atoms with Crippen LogP contribution in [0.4, 0.5) is 0 Å². The van der Waals surface area contributed by atoms with Crippen molar-refractivity contribution >= 4 is 66.0 Å². The number of benzene rings is 5. The number of para-hydroxylation sites is 1. The van der Waals surface area contributed by atoms with Crippen LogP contribution in [-0.2, 0) is 6.54 Å². The number of thiazole rings is 1. The van der Waals surface area contributed by atoms with E-state index >= 15 is 0 Å². The van der Waals surface area contributed by atoms with Crippen LogP contribution in [0.15, 0.2) is 78.9 Å². The summed E-state index contributed by atoms with van der Waals surface area (Å²) in [4.78, 5) is 0. The van der Waals surface area contributed by atoms with Crippen molar-refractivity contribution in [2.45, 2.75) is 13.5 Å². The van der Waals surface area contributed by atoms with Gasteiger partial charge in [-0.25, -0.2) is 0 Å². The molecule has 3 heteroatoms. The van der Waals surface area contributed by atoms with Gasteiger partial charge in [0.15, 0.2) is 0 Å². The Bertz CT molecular complexity index is 1530. The first-order chi connectivity index (χ1) is 14.3. The number of halogens is 1. The molecule has 5 aromatic carbocycles. The van der Waals surface area contributed by atoms with Crippen molar-refractivity contribution in [2.75, 3.05) is 0 Å². The number of aryl methyl sites for hydroxylation is 1. The molecule has 0 radical (unpaired) electrons. The Morgan fingerprint density at radius 1 is 0.733 bits per heavy atom. The van der Waals surface area contributed by atoms with Gasteiger partial charge >= 0.3 is 0 Å². The van der Waals surface area contributed by atoms with Crippen LogP contribution in [0.25, 0.3) is 54.7 Å². The van der Waals surface area contributed by atoms with Crippen molar-refractivity contribution in [2.24, 2.45) is 0 Å². The second-order valence-electron chi connectivity index (χ2n) is 7.50. The zero-order chi connectivity index (χ0) is 19.4. The van der Waals surface area contributed by atoms with Gasteiger partial charge in [-0.2, -0.15) is 4.57 Å². The van der Waals surface area contributed by atoms with Crippen LogP contribution in [0.3, 0.4) is 0 Å². The quantitative estimate of drug-likeness (QED) is 0.269. The van der Waals surface area contributed by atoms with Gasteiger partial charge in [-0.1, -0.05) is 78.1 Å². The molecule has 6 aromatic rings. The molecular weight excluding hydrogens is 450 g/mol. The number of nitrogens with zero attached hydrogens (tertiary/aromatic N) is 1. The molecule has 146 valence electrons. The summed E-state index contributed by atoms with van der Waals surface area (Å²) in [6, 6.07) is 28.8. The van der Waals surface area contributed by atoms with Crippen LogP contribution in [0.5, 0.6) is 0 Å². The third-order valence-corrected chi connectivity index (χ3v) is 7.05. The smallest absolute Gasteiger partial charge is 0.262 e. The van der Waals surface area contributed by atoms with E-state index in [0.717, 1.165) is 6.54 Å². The molecule has 0 amide bonds. The lowest BCUT2D eigenvalue weighted by atomic mass is 9.92. The molecule has 0 saturated heterocycles. The van der Waals surface area contributed by atoms with Gasteiger partial charge in [0, 0.05) is 12.1 Å². The fourth-order valence-electron chi connectivity index (χ4n) is 4.57. The highest BCUT2D eigenvalue weighted by molar-refractivity contribution is 7.18. The normalized spacial score (nSPS) is 11.9. The van der Waals surface area contributed by atoms with E-state index in [1.165, 1.54) is 53.1 Å². The van der Waals surface area contributed by atoms with E-state index in [1.54, 1.807) is 0 Å². The Balaban J connectivity index is 0.00000193. The first-order valence-corrected chi connectivity index (χ1v) is 10.9. The van der Waals surface area contributed by atoms with Gasteiger partial charge in [-0.05, 0) is 56.9 Å². The third-order valence-electron chi connectivity index (χ3n) is 5.92. The third kappa shape index (κ3) is 2.84. The second-order valence-corrected chi connectivity index (χ2v) is 8.56. The van der Waals surface area contributed by atoms with Crippen molar-refractivity contribution in [3.05, 3.63) is 89.4 Å². The summed E-state index contributed by atoms with van der Waals surface area (Å²) in [6.07, 6.45) is 4.56. The van der Waals surface area contributed by atoms with Crippen LogP contribution in [0, 0.1) is 0 Å². The summed E-state index contributed by atoms with van der Waals surface area (Å²) in [5.41, 5.74) is 2.59. The van der Waals surface area contributed by atoms with Crippen LogP contribution < -0.4 is 21.5 Å². The van der Waals surface area contributed by atoms with Gasteiger partial charge < -0.3 is 17.0 Å². The highest BCUT2D eigenvalue weighted by Crippen LogP contribution is 2.36. The lowest BCUT2D eigenvalue weighted by molar-refractivity contribution is -0.665. The first kappa shape index (κ1) is 19.2. The van der Waals surface area contributed by atoms with E-state index in [4.69, 9.17) is 0 Å². The lowest BCUT2D eigenvalue weighted by Gasteiger charge is -2.12. The zero-order valence-electron chi connectivity index (χ0n) is 16.6. The van der Waals surface area contributed by atoms with Crippen molar-refractivity contribution in [3.63, 3.8) is 0 Å². The molecule has 0 spiro atoms. The van der Waals surface area contributed by atoms with Crippen molar-refractivity contribution in [3.8, 4) is 0 Å². The minimum atomic E-state index is 0. The number of fused-ring (bicyclic) bond motifs is 1. The van der Waals surface area contributed by atoms with Crippen LogP contribution in [0.2, 0.25) is 0 Å². The molecule has 0 bridgehead atoms. The molecule has 30 heavy (non-hydrogen) atoms. The van der Waals surface area contributed by atoms with Crippen LogP contribution in [0.1, 0.15) is 17.5 Å². The van der Waals surface area contributed by atoms with Crippen molar-refractivity contribution in [1.82, 2.24) is 0 Å². The molecular formula is C27H20BrNS. The van der Waals surface area contributed by atoms with Crippen molar-refractivity contribution < 1.29 is 21.5 Å². The predicted molar refractivity (Wildman–Crippen MR) is 127 cm³/mol. The Morgan fingerprint density at radius 2 is 1.43 bits per heavy atom. The molecule has 0 saturated carbocycles. The van der Waals surface area contributed by atoms with E-state index in [0.29, 0.717) is 0 Å². The molecule has 0 atom stereocenters. The van der Waals surface area contributed by atoms with Gasteiger partial charge in [-0.15, -0.1) is 0 Å². The Morgan fingerprint density at radius 3 is 2.23 bits per heavy atom. The molecule has 1 heterocycles. The minimum absolute atomic E-state index is 0. The standard InChI is InChI=1S/C27H20NS.BrH/c1-2-28-23-8-3-4-9-24(23)29-25(28)17-15-18-10-11-21-13-12-19-6-5-7-20-14-16-22(18)27(21)26(19)20;/h3-17H,2H2,1H3;1H/q+1;/p-1. The molecule has 0 aliphatic rings. The maximum absolute atomic E-state index is 2.40. The van der Waals surface area contributed by atoms with Gasteiger partial charge in [0.05, 0.1) is 0 Å². The molecule has 1 aromatic heterocycles. The van der Waals surface area contributed by atoms with Crippen LogP contribution in [-0.4, -0.2) is 0 Å². The average Bonchev–Trinajstić information content (AvgIpc) is 3.14. The number of hydrogen-bond donors (Lipinski definition) is 0. The number of hydrogen-bond acceptors (Lipinski definition) is 1. The van der Waals surface area contributed by atoms with E-state index in [-0.39, 0.29) is 17.0 Å². The molecule has 0 fully saturated rings. The van der Waals surface area contributed by atoms with E-state index < -0.39 is 0 Å². The van der Waals surface area contributed by atoms with Gasteiger partial charge in [0.1, 0.15) is 11.2 Å². The molecule has 6 rings (SSSR count). The number of rotatable bonds is 3. The zero-order valence-corrected chi connectivity index (χ0v) is 19.0. The highest BCUT2D eigenvalue weighted by atomic mass is 79.9. The van der Waals surface area contributed by atoms with Crippen LogP contribution >= 0.6 is 11.3 Å². The summed E-state index contributed by atoms with van der Waals surface area (Å²) in [5.74, 6) is 0. The summed E-state index contributed by atoms with van der Waals surface area (Å²) >= 11 is 1.86.